The van der Waals surface area contributed by atoms with Crippen LogP contribution < -0.4 is 5.32 Å². The summed E-state index contributed by atoms with van der Waals surface area (Å²) in [7, 11) is 0. The minimum atomic E-state index is -0.334. The van der Waals surface area contributed by atoms with Gasteiger partial charge in [-0.1, -0.05) is 42.5 Å². The van der Waals surface area contributed by atoms with Crippen molar-refractivity contribution in [2.45, 2.75) is 6.54 Å². The molecule has 0 saturated carbocycles. The molecule has 0 aliphatic heterocycles. The fourth-order valence-corrected chi connectivity index (χ4v) is 2.22. The monoisotopic (exact) mass is 302 g/mol. The summed E-state index contributed by atoms with van der Waals surface area (Å²) in [6, 6.07) is 20.5. The molecule has 5 heteroatoms. The van der Waals surface area contributed by atoms with Crippen LogP contribution in [0.15, 0.2) is 66.9 Å². The Kier molecular flexibility index (Phi) is 4.16. The molecule has 0 unspecified atom stereocenters. The minimum absolute atomic E-state index is 0.314. The normalized spacial score (nSPS) is 10.0. The van der Waals surface area contributed by atoms with Crippen molar-refractivity contribution in [3.8, 4) is 6.07 Å². The molecule has 112 valence electrons. The van der Waals surface area contributed by atoms with Gasteiger partial charge in [-0.15, -0.1) is 0 Å². The van der Waals surface area contributed by atoms with E-state index in [2.05, 4.69) is 10.4 Å². The number of rotatable bonds is 4. The Morgan fingerprint density at radius 2 is 1.83 bits per heavy atom. The average Bonchev–Trinajstić information content (AvgIpc) is 3.05. The topological polar surface area (TPSA) is 70.7 Å². The molecule has 3 rings (SSSR count). The van der Waals surface area contributed by atoms with Gasteiger partial charge >= 0.3 is 0 Å². The van der Waals surface area contributed by atoms with E-state index in [9.17, 15) is 4.79 Å². The molecule has 0 aliphatic rings. The van der Waals surface area contributed by atoms with Crippen molar-refractivity contribution in [2.24, 2.45) is 0 Å². The van der Waals surface area contributed by atoms with Gasteiger partial charge in [0.05, 0.1) is 17.8 Å². The molecule has 2 aromatic carbocycles. The lowest BCUT2D eigenvalue weighted by Gasteiger charge is -2.05. The number of hydrogen-bond acceptors (Lipinski definition) is 3. The zero-order chi connectivity index (χ0) is 16.1. The Bertz CT molecular complexity index is 862. The van der Waals surface area contributed by atoms with Gasteiger partial charge in [-0.3, -0.25) is 9.48 Å². The molecule has 0 atom stereocenters. The lowest BCUT2D eigenvalue weighted by molar-refractivity contribution is 0.102. The molecule has 1 heterocycles. The summed E-state index contributed by atoms with van der Waals surface area (Å²) in [6.45, 7) is 0.600. The summed E-state index contributed by atoms with van der Waals surface area (Å²) < 4.78 is 1.71. The van der Waals surface area contributed by atoms with Crippen LogP contribution in [0.4, 0.5) is 5.69 Å². The van der Waals surface area contributed by atoms with Gasteiger partial charge in [0.2, 0.25) is 0 Å². The van der Waals surface area contributed by atoms with Gasteiger partial charge in [-0.05, 0) is 23.8 Å². The molecule has 3 aromatic rings. The largest absolute Gasteiger partial charge is 0.319 e. The first-order valence-corrected chi connectivity index (χ1v) is 7.14. The van der Waals surface area contributed by atoms with Crippen LogP contribution in [0.1, 0.15) is 21.6 Å². The molecule has 5 nitrogen and oxygen atoms in total. The van der Waals surface area contributed by atoms with E-state index in [1.807, 2.05) is 36.4 Å². The van der Waals surface area contributed by atoms with Crippen molar-refractivity contribution in [2.75, 3.05) is 5.32 Å². The SMILES string of the molecule is N#Cc1ccccc1NC(=O)c1ccn(Cc2ccccc2)n1. The smallest absolute Gasteiger partial charge is 0.276 e. The summed E-state index contributed by atoms with van der Waals surface area (Å²) >= 11 is 0. The lowest BCUT2D eigenvalue weighted by atomic mass is 10.2. The summed E-state index contributed by atoms with van der Waals surface area (Å²) in [5, 5.41) is 16.0. The molecule has 0 fully saturated rings. The van der Waals surface area contributed by atoms with Crippen LogP contribution in [0.2, 0.25) is 0 Å². The average molecular weight is 302 g/mol. The first-order valence-electron chi connectivity index (χ1n) is 7.14. The highest BCUT2D eigenvalue weighted by atomic mass is 16.1. The Morgan fingerprint density at radius 1 is 1.09 bits per heavy atom. The first kappa shape index (κ1) is 14.5. The van der Waals surface area contributed by atoms with E-state index < -0.39 is 0 Å². The van der Waals surface area contributed by atoms with E-state index in [0.29, 0.717) is 23.5 Å². The summed E-state index contributed by atoms with van der Waals surface area (Å²) in [4.78, 5) is 12.3. The molecule has 23 heavy (non-hydrogen) atoms. The first-order chi connectivity index (χ1) is 11.3. The molecular formula is C18H14N4O. The van der Waals surface area contributed by atoms with Gasteiger partial charge in [0.15, 0.2) is 5.69 Å². The van der Waals surface area contributed by atoms with Crippen LogP contribution in [0.5, 0.6) is 0 Å². The number of carbonyl (C=O) groups excluding carboxylic acids is 1. The highest BCUT2D eigenvalue weighted by Gasteiger charge is 2.11. The van der Waals surface area contributed by atoms with Crippen molar-refractivity contribution in [3.05, 3.63) is 83.7 Å². The fourth-order valence-electron chi connectivity index (χ4n) is 2.22. The van der Waals surface area contributed by atoms with Gasteiger partial charge in [0, 0.05) is 6.20 Å². The quantitative estimate of drug-likeness (QED) is 0.805. The van der Waals surface area contributed by atoms with Gasteiger partial charge < -0.3 is 5.32 Å². The number of aromatic nitrogens is 2. The third kappa shape index (κ3) is 3.44. The summed E-state index contributed by atoms with van der Waals surface area (Å²) in [5.74, 6) is -0.334. The standard InChI is InChI=1S/C18H14N4O/c19-12-15-8-4-5-9-16(15)20-18(23)17-10-11-22(21-17)13-14-6-2-1-3-7-14/h1-11H,13H2,(H,20,23). The summed E-state index contributed by atoms with van der Waals surface area (Å²) in [5.41, 5.74) is 2.33. The Morgan fingerprint density at radius 3 is 2.61 bits per heavy atom. The van der Waals surface area contributed by atoms with Crippen LogP contribution in [0.3, 0.4) is 0 Å². The van der Waals surface area contributed by atoms with Crippen LogP contribution in [0, 0.1) is 11.3 Å². The minimum Gasteiger partial charge on any atom is -0.319 e. The maximum absolute atomic E-state index is 12.3. The Hall–Kier alpha value is -3.39. The zero-order valence-corrected chi connectivity index (χ0v) is 12.3. The van der Waals surface area contributed by atoms with Gasteiger partial charge in [0.25, 0.3) is 5.91 Å². The highest BCUT2D eigenvalue weighted by Crippen LogP contribution is 2.14. The van der Waals surface area contributed by atoms with E-state index in [1.165, 1.54) is 0 Å². The van der Waals surface area contributed by atoms with Crippen molar-refractivity contribution >= 4 is 11.6 Å². The second-order valence-electron chi connectivity index (χ2n) is 5.00. The van der Waals surface area contributed by atoms with Crippen LogP contribution in [-0.2, 0) is 6.54 Å². The molecule has 0 saturated heterocycles. The van der Waals surface area contributed by atoms with Crippen LogP contribution in [0.25, 0.3) is 0 Å². The number of nitriles is 1. The predicted molar refractivity (Wildman–Crippen MR) is 86.9 cm³/mol. The highest BCUT2D eigenvalue weighted by molar-refractivity contribution is 6.03. The van der Waals surface area contributed by atoms with E-state index in [1.54, 1.807) is 41.2 Å². The van der Waals surface area contributed by atoms with Crippen molar-refractivity contribution in [3.63, 3.8) is 0 Å². The number of amides is 1. The van der Waals surface area contributed by atoms with Gasteiger partial charge in [0.1, 0.15) is 6.07 Å². The number of hydrogen-bond donors (Lipinski definition) is 1. The second-order valence-corrected chi connectivity index (χ2v) is 5.00. The molecule has 0 spiro atoms. The maximum atomic E-state index is 12.3. The molecule has 0 radical (unpaired) electrons. The van der Waals surface area contributed by atoms with E-state index in [-0.39, 0.29) is 5.91 Å². The van der Waals surface area contributed by atoms with Gasteiger partial charge in [-0.25, -0.2) is 0 Å². The van der Waals surface area contributed by atoms with E-state index in [4.69, 9.17) is 5.26 Å². The van der Waals surface area contributed by atoms with Crippen molar-refractivity contribution in [1.29, 1.82) is 5.26 Å². The molecule has 1 amide bonds. The zero-order valence-electron chi connectivity index (χ0n) is 12.3. The third-order valence-electron chi connectivity index (χ3n) is 3.36. The summed E-state index contributed by atoms with van der Waals surface area (Å²) in [6.07, 6.45) is 1.76. The fraction of sp³-hybridized carbons (Fsp3) is 0.0556. The third-order valence-corrected chi connectivity index (χ3v) is 3.36. The molecule has 0 aliphatic carbocycles. The maximum Gasteiger partial charge on any atom is 0.276 e. The Labute approximate surface area is 133 Å². The number of nitrogens with zero attached hydrogens (tertiary/aromatic N) is 3. The van der Waals surface area contributed by atoms with Crippen molar-refractivity contribution in [1.82, 2.24) is 9.78 Å². The number of nitrogens with one attached hydrogen (secondary N) is 1. The molecule has 0 bridgehead atoms. The molecule has 1 N–H and O–H groups in total. The van der Waals surface area contributed by atoms with Crippen LogP contribution >= 0.6 is 0 Å². The molecular weight excluding hydrogens is 288 g/mol. The number of para-hydroxylation sites is 1. The number of benzene rings is 2. The van der Waals surface area contributed by atoms with Gasteiger partial charge in [-0.2, -0.15) is 10.4 Å². The van der Waals surface area contributed by atoms with E-state index >= 15 is 0 Å². The van der Waals surface area contributed by atoms with Crippen molar-refractivity contribution < 1.29 is 4.79 Å². The second kappa shape index (κ2) is 6.58. The van der Waals surface area contributed by atoms with Crippen LogP contribution in [-0.4, -0.2) is 15.7 Å². The predicted octanol–water partition coefficient (Wildman–Crippen LogP) is 3.06. The lowest BCUT2D eigenvalue weighted by Crippen LogP contribution is -2.14. The molecule has 1 aromatic heterocycles. The van der Waals surface area contributed by atoms with E-state index in [0.717, 1.165) is 5.56 Å². The number of anilines is 1. The Balaban J connectivity index is 1.73. The number of carbonyl (C=O) groups is 1.